The number of primary amides is 1. The first kappa shape index (κ1) is 13.8. The van der Waals surface area contributed by atoms with E-state index < -0.39 is 23.3 Å². The van der Waals surface area contributed by atoms with E-state index >= 15 is 0 Å². The van der Waals surface area contributed by atoms with E-state index in [-0.39, 0.29) is 17.7 Å². The molecule has 0 saturated heterocycles. The van der Waals surface area contributed by atoms with Gasteiger partial charge in [-0.2, -0.15) is 13.2 Å². The minimum Gasteiger partial charge on any atom is -0.386 e. The van der Waals surface area contributed by atoms with Crippen molar-refractivity contribution < 1.29 is 22.8 Å². The lowest BCUT2D eigenvalue weighted by atomic mass is 10.1. The molecule has 0 atom stereocenters. The molecule has 0 aliphatic rings. The third kappa shape index (κ3) is 2.70. The molecule has 2 amide bonds. The summed E-state index contributed by atoms with van der Waals surface area (Å²) in [7, 11) is 1.36. The maximum Gasteiger partial charge on any atom is 0.418 e. The zero-order valence-electron chi connectivity index (χ0n) is 9.26. The monoisotopic (exact) mass is 261 g/mol. The predicted molar refractivity (Wildman–Crippen MR) is 59.2 cm³/mol. The number of nitrogens with two attached hydrogens (primary N) is 1. The molecule has 0 saturated carbocycles. The van der Waals surface area contributed by atoms with Crippen molar-refractivity contribution in [2.45, 2.75) is 6.18 Å². The van der Waals surface area contributed by atoms with E-state index in [1.54, 1.807) is 0 Å². The zero-order valence-corrected chi connectivity index (χ0v) is 9.26. The molecule has 0 bridgehead atoms. The Labute approximate surface area is 100 Å². The second-order valence-corrected chi connectivity index (χ2v) is 3.32. The fourth-order valence-corrected chi connectivity index (χ4v) is 1.42. The number of halogens is 3. The molecule has 0 heterocycles. The average Bonchev–Trinajstić information content (AvgIpc) is 2.27. The van der Waals surface area contributed by atoms with Crippen LogP contribution >= 0.6 is 0 Å². The van der Waals surface area contributed by atoms with E-state index in [0.717, 1.165) is 6.07 Å². The molecule has 1 aromatic carbocycles. The van der Waals surface area contributed by atoms with E-state index in [9.17, 15) is 22.8 Å². The first-order valence-corrected chi connectivity index (χ1v) is 4.74. The van der Waals surface area contributed by atoms with Crippen LogP contribution in [-0.2, 0) is 11.0 Å². The molecule has 0 aromatic heterocycles. The standard InChI is InChI=1S/C10H10F3N3O2/c1-15-7-3-5(9(14)18)2-6(10(11,12)13)8(7)16-4-17/h2-4,15H,1H3,(H2,14,18)(H,16,17). The number of amides is 2. The van der Waals surface area contributed by atoms with Gasteiger partial charge in [-0.3, -0.25) is 9.59 Å². The van der Waals surface area contributed by atoms with Gasteiger partial charge in [0.1, 0.15) is 0 Å². The minimum absolute atomic E-state index is 0.0503. The fourth-order valence-electron chi connectivity index (χ4n) is 1.42. The lowest BCUT2D eigenvalue weighted by Gasteiger charge is -2.17. The summed E-state index contributed by atoms with van der Waals surface area (Å²) in [5.41, 5.74) is 3.00. The van der Waals surface area contributed by atoms with Crippen molar-refractivity contribution in [3.05, 3.63) is 23.3 Å². The summed E-state index contributed by atoms with van der Waals surface area (Å²) >= 11 is 0. The Balaban J connectivity index is 3.56. The lowest BCUT2D eigenvalue weighted by Crippen LogP contribution is -2.17. The van der Waals surface area contributed by atoms with Crippen molar-refractivity contribution in [1.29, 1.82) is 0 Å². The smallest absolute Gasteiger partial charge is 0.386 e. The molecule has 98 valence electrons. The van der Waals surface area contributed by atoms with Crippen molar-refractivity contribution in [3.63, 3.8) is 0 Å². The maximum atomic E-state index is 12.8. The summed E-state index contributed by atoms with van der Waals surface area (Å²) in [4.78, 5) is 21.3. The number of nitrogens with one attached hydrogen (secondary N) is 2. The van der Waals surface area contributed by atoms with Crippen LogP contribution in [0.25, 0.3) is 0 Å². The third-order valence-corrected chi connectivity index (χ3v) is 2.20. The summed E-state index contributed by atoms with van der Waals surface area (Å²) in [6, 6.07) is 1.72. The van der Waals surface area contributed by atoms with Gasteiger partial charge in [0.15, 0.2) is 0 Å². The number of benzene rings is 1. The average molecular weight is 261 g/mol. The molecule has 1 aromatic rings. The Morgan fingerprint density at radius 1 is 1.39 bits per heavy atom. The molecule has 0 spiro atoms. The first-order valence-electron chi connectivity index (χ1n) is 4.74. The second kappa shape index (κ2) is 4.94. The van der Waals surface area contributed by atoms with Gasteiger partial charge in [0, 0.05) is 12.6 Å². The van der Waals surface area contributed by atoms with Crippen molar-refractivity contribution in [3.8, 4) is 0 Å². The van der Waals surface area contributed by atoms with Gasteiger partial charge in [0.05, 0.1) is 16.9 Å². The normalized spacial score (nSPS) is 10.9. The number of anilines is 2. The molecule has 0 fully saturated rings. The minimum atomic E-state index is -4.72. The largest absolute Gasteiger partial charge is 0.418 e. The lowest BCUT2D eigenvalue weighted by molar-refractivity contribution is -0.136. The van der Waals surface area contributed by atoms with Crippen LogP contribution < -0.4 is 16.4 Å². The Hall–Kier alpha value is -2.25. The Bertz CT molecular complexity index is 486. The number of rotatable bonds is 4. The Kier molecular flexibility index (Phi) is 3.79. The van der Waals surface area contributed by atoms with Crippen LogP contribution in [0, 0.1) is 0 Å². The van der Waals surface area contributed by atoms with E-state index in [4.69, 9.17) is 5.73 Å². The highest BCUT2D eigenvalue weighted by atomic mass is 19.4. The van der Waals surface area contributed by atoms with Crippen molar-refractivity contribution in [2.24, 2.45) is 5.73 Å². The summed E-state index contributed by atoms with van der Waals surface area (Å²) in [5, 5.41) is 4.41. The molecular weight excluding hydrogens is 251 g/mol. The van der Waals surface area contributed by atoms with Gasteiger partial charge in [-0.15, -0.1) is 0 Å². The van der Waals surface area contributed by atoms with Gasteiger partial charge < -0.3 is 16.4 Å². The topological polar surface area (TPSA) is 84.2 Å². The number of carbonyl (C=O) groups is 2. The van der Waals surface area contributed by atoms with E-state index in [1.165, 1.54) is 7.05 Å². The summed E-state index contributed by atoms with van der Waals surface area (Å²) in [5.74, 6) is -0.991. The second-order valence-electron chi connectivity index (χ2n) is 3.32. The van der Waals surface area contributed by atoms with Crippen molar-refractivity contribution in [1.82, 2.24) is 0 Å². The van der Waals surface area contributed by atoms with Crippen LogP contribution in [-0.4, -0.2) is 19.4 Å². The SMILES string of the molecule is CNc1cc(C(N)=O)cc(C(F)(F)F)c1NC=O. The van der Waals surface area contributed by atoms with Gasteiger partial charge in [0.2, 0.25) is 12.3 Å². The molecule has 0 radical (unpaired) electrons. The summed E-state index contributed by atoms with van der Waals surface area (Å²) < 4.78 is 38.4. The molecule has 8 heteroatoms. The van der Waals surface area contributed by atoms with Crippen LogP contribution in [0.4, 0.5) is 24.5 Å². The van der Waals surface area contributed by atoms with Crippen LogP contribution in [0.2, 0.25) is 0 Å². The van der Waals surface area contributed by atoms with Gasteiger partial charge in [-0.05, 0) is 12.1 Å². The highest BCUT2D eigenvalue weighted by Gasteiger charge is 2.35. The van der Waals surface area contributed by atoms with E-state index in [2.05, 4.69) is 5.32 Å². The zero-order chi connectivity index (χ0) is 13.9. The quantitative estimate of drug-likeness (QED) is 0.716. The van der Waals surface area contributed by atoms with Crippen LogP contribution in [0.15, 0.2) is 12.1 Å². The molecule has 1 rings (SSSR count). The van der Waals surface area contributed by atoms with Gasteiger partial charge in [-0.1, -0.05) is 0 Å². The molecular formula is C10H10F3N3O2. The Morgan fingerprint density at radius 3 is 2.39 bits per heavy atom. The van der Waals surface area contributed by atoms with Gasteiger partial charge >= 0.3 is 6.18 Å². The summed E-state index contributed by atoms with van der Waals surface area (Å²) in [6.45, 7) is 0. The van der Waals surface area contributed by atoms with Crippen molar-refractivity contribution in [2.75, 3.05) is 17.7 Å². The van der Waals surface area contributed by atoms with Crippen LogP contribution in [0.5, 0.6) is 0 Å². The van der Waals surface area contributed by atoms with Crippen molar-refractivity contribution >= 4 is 23.7 Å². The number of carbonyl (C=O) groups excluding carboxylic acids is 2. The molecule has 0 aliphatic carbocycles. The molecule has 0 aliphatic heterocycles. The van der Waals surface area contributed by atoms with Gasteiger partial charge in [-0.25, -0.2) is 0 Å². The van der Waals surface area contributed by atoms with E-state index in [1.807, 2.05) is 5.32 Å². The molecule has 18 heavy (non-hydrogen) atoms. The highest BCUT2D eigenvalue weighted by molar-refractivity contribution is 5.97. The summed E-state index contributed by atoms with van der Waals surface area (Å²) in [6.07, 6.45) is -4.60. The number of hydrogen-bond acceptors (Lipinski definition) is 3. The molecule has 5 nitrogen and oxygen atoms in total. The predicted octanol–water partition coefficient (Wildman–Crippen LogP) is 1.41. The molecule has 0 unspecified atom stereocenters. The number of alkyl halides is 3. The Morgan fingerprint density at radius 2 is 2.00 bits per heavy atom. The number of hydrogen-bond donors (Lipinski definition) is 3. The van der Waals surface area contributed by atoms with E-state index in [0.29, 0.717) is 6.07 Å². The first-order chi connectivity index (χ1) is 8.31. The third-order valence-electron chi connectivity index (χ3n) is 2.20. The highest BCUT2D eigenvalue weighted by Crippen LogP contribution is 2.39. The molecule has 4 N–H and O–H groups in total. The van der Waals surface area contributed by atoms with Gasteiger partial charge in [0.25, 0.3) is 0 Å². The fraction of sp³-hybridized carbons (Fsp3) is 0.200. The maximum absolute atomic E-state index is 12.8. The van der Waals surface area contributed by atoms with Crippen LogP contribution in [0.1, 0.15) is 15.9 Å². The van der Waals surface area contributed by atoms with Crippen LogP contribution in [0.3, 0.4) is 0 Å².